The average molecular weight is 467 g/mol. The maximum Gasteiger partial charge on any atom is 0.416 e. The Bertz CT molecular complexity index is 1220. The van der Waals surface area contributed by atoms with Crippen molar-refractivity contribution < 1.29 is 26.7 Å². The summed E-state index contributed by atoms with van der Waals surface area (Å²) < 4.78 is 62.5. The number of hydrogen-bond donors (Lipinski definition) is 1. The number of aromatic nitrogens is 4. The quantitative estimate of drug-likeness (QED) is 0.595. The van der Waals surface area contributed by atoms with Crippen LogP contribution in [0.1, 0.15) is 16.7 Å². The molecular formula is C20H20F3N5O3S. The monoisotopic (exact) mass is 467 g/mol. The number of β-amino-alcohol motifs (C(OH)–C–C–N with tert-alkyl or cyclic N) is 1. The fourth-order valence-electron chi connectivity index (χ4n) is 3.55. The van der Waals surface area contributed by atoms with E-state index in [-0.39, 0.29) is 19.6 Å². The highest BCUT2D eigenvalue weighted by atomic mass is 32.2. The van der Waals surface area contributed by atoms with Crippen LogP contribution >= 0.6 is 0 Å². The molecular weight excluding hydrogens is 447 g/mol. The van der Waals surface area contributed by atoms with Crippen molar-refractivity contribution in [3.63, 3.8) is 0 Å². The Morgan fingerprint density at radius 3 is 2.38 bits per heavy atom. The van der Waals surface area contributed by atoms with Crippen molar-refractivity contribution in [3.05, 3.63) is 65.2 Å². The minimum Gasteiger partial charge on any atom is -0.385 e. The highest BCUT2D eigenvalue weighted by molar-refractivity contribution is 7.88. The number of alkyl halides is 3. The minimum absolute atomic E-state index is 0.0207. The molecule has 2 aromatic carbocycles. The van der Waals surface area contributed by atoms with Gasteiger partial charge in [-0.2, -0.15) is 22.3 Å². The molecule has 0 aliphatic carbocycles. The molecule has 0 spiro atoms. The number of nitrogens with zero attached hydrogens (tertiary/aromatic N) is 5. The Balaban J connectivity index is 1.50. The van der Waals surface area contributed by atoms with E-state index in [0.717, 1.165) is 28.3 Å². The van der Waals surface area contributed by atoms with Crippen molar-refractivity contribution in [2.45, 2.75) is 24.7 Å². The highest BCUT2D eigenvalue weighted by Gasteiger charge is 2.46. The second-order valence-corrected chi connectivity index (χ2v) is 9.91. The standard InChI is InChI=1S/C20H20F3N5O3S/c1-32(30,31)27-11-19(29,12-27)13-28-25-18(24-26-28)17-5-3-2-4-15(17)10-14-6-8-16(9-7-14)20(21,22)23/h2-9,29H,10-13H2,1H3. The summed E-state index contributed by atoms with van der Waals surface area (Å²) in [6, 6.07) is 12.2. The molecule has 3 aromatic rings. The number of sulfonamides is 1. The predicted octanol–water partition coefficient (Wildman–Crippen LogP) is 1.96. The third kappa shape index (κ3) is 4.81. The molecule has 0 radical (unpaired) electrons. The van der Waals surface area contributed by atoms with Crippen LogP contribution in [-0.2, 0) is 29.2 Å². The third-order valence-electron chi connectivity index (χ3n) is 5.23. The Hall–Kier alpha value is -2.83. The van der Waals surface area contributed by atoms with Crippen LogP contribution in [0.3, 0.4) is 0 Å². The lowest BCUT2D eigenvalue weighted by molar-refractivity contribution is -0.137. The zero-order valence-corrected chi connectivity index (χ0v) is 17.8. The Kier molecular flexibility index (Phi) is 5.55. The predicted molar refractivity (Wildman–Crippen MR) is 109 cm³/mol. The second kappa shape index (κ2) is 7.94. The van der Waals surface area contributed by atoms with Crippen LogP contribution in [0.4, 0.5) is 13.2 Å². The third-order valence-corrected chi connectivity index (χ3v) is 6.43. The Morgan fingerprint density at radius 2 is 1.75 bits per heavy atom. The van der Waals surface area contributed by atoms with E-state index in [2.05, 4.69) is 15.4 Å². The zero-order valence-electron chi connectivity index (χ0n) is 17.0. The van der Waals surface area contributed by atoms with E-state index in [1.807, 2.05) is 12.1 Å². The van der Waals surface area contributed by atoms with E-state index < -0.39 is 27.4 Å². The van der Waals surface area contributed by atoms with Crippen molar-refractivity contribution in [2.24, 2.45) is 0 Å². The normalized spacial score (nSPS) is 16.7. The van der Waals surface area contributed by atoms with Gasteiger partial charge in [-0.25, -0.2) is 8.42 Å². The van der Waals surface area contributed by atoms with Gasteiger partial charge in [0.1, 0.15) is 5.60 Å². The van der Waals surface area contributed by atoms with Crippen LogP contribution in [0, 0.1) is 0 Å². The largest absolute Gasteiger partial charge is 0.416 e. The summed E-state index contributed by atoms with van der Waals surface area (Å²) >= 11 is 0. The molecule has 0 amide bonds. The van der Waals surface area contributed by atoms with Gasteiger partial charge in [0.25, 0.3) is 0 Å². The maximum absolute atomic E-state index is 12.8. The van der Waals surface area contributed by atoms with Crippen LogP contribution in [0.25, 0.3) is 11.4 Å². The molecule has 32 heavy (non-hydrogen) atoms. The summed E-state index contributed by atoms with van der Waals surface area (Å²) in [6.07, 6.45) is -2.94. The highest BCUT2D eigenvalue weighted by Crippen LogP contribution is 2.30. The van der Waals surface area contributed by atoms with E-state index in [9.17, 15) is 26.7 Å². The molecule has 0 unspecified atom stereocenters. The molecule has 4 rings (SSSR count). The fraction of sp³-hybridized carbons (Fsp3) is 0.350. The molecule has 1 saturated heterocycles. The van der Waals surface area contributed by atoms with Crippen molar-refractivity contribution in [3.8, 4) is 11.4 Å². The summed E-state index contributed by atoms with van der Waals surface area (Å²) in [5.74, 6) is 0.301. The van der Waals surface area contributed by atoms with Crippen molar-refractivity contribution in [1.29, 1.82) is 0 Å². The van der Waals surface area contributed by atoms with Crippen LogP contribution < -0.4 is 0 Å². The van der Waals surface area contributed by atoms with E-state index in [0.29, 0.717) is 23.4 Å². The summed E-state index contributed by atoms with van der Waals surface area (Å²) in [7, 11) is -3.37. The van der Waals surface area contributed by atoms with Gasteiger partial charge in [-0.15, -0.1) is 10.2 Å². The summed E-state index contributed by atoms with van der Waals surface area (Å²) in [5, 5.41) is 22.8. The first-order valence-electron chi connectivity index (χ1n) is 9.63. The molecule has 0 atom stereocenters. The van der Waals surface area contributed by atoms with E-state index in [4.69, 9.17) is 0 Å². The molecule has 1 fully saturated rings. The van der Waals surface area contributed by atoms with Gasteiger partial charge in [0.2, 0.25) is 15.8 Å². The fourth-order valence-corrected chi connectivity index (χ4v) is 4.50. The summed E-state index contributed by atoms with van der Waals surface area (Å²) in [5.41, 5.74) is 0.181. The molecule has 0 bridgehead atoms. The van der Waals surface area contributed by atoms with Crippen LogP contribution in [0.5, 0.6) is 0 Å². The lowest BCUT2D eigenvalue weighted by atomic mass is 9.98. The van der Waals surface area contributed by atoms with Crippen LogP contribution in [0.15, 0.2) is 48.5 Å². The van der Waals surface area contributed by atoms with Gasteiger partial charge >= 0.3 is 6.18 Å². The lowest BCUT2D eigenvalue weighted by Gasteiger charge is -2.44. The van der Waals surface area contributed by atoms with Crippen molar-refractivity contribution in [2.75, 3.05) is 19.3 Å². The van der Waals surface area contributed by atoms with Crippen LogP contribution in [0.2, 0.25) is 0 Å². The van der Waals surface area contributed by atoms with Crippen molar-refractivity contribution in [1.82, 2.24) is 24.5 Å². The molecule has 8 nitrogen and oxygen atoms in total. The van der Waals surface area contributed by atoms with Gasteiger partial charge < -0.3 is 5.11 Å². The number of rotatable bonds is 6. The summed E-state index contributed by atoms with van der Waals surface area (Å²) in [4.78, 5) is 1.21. The molecule has 1 aliphatic rings. The van der Waals surface area contributed by atoms with E-state index in [1.165, 1.54) is 16.9 Å². The Morgan fingerprint density at radius 1 is 1.09 bits per heavy atom. The van der Waals surface area contributed by atoms with Crippen molar-refractivity contribution >= 4 is 10.0 Å². The number of aliphatic hydroxyl groups is 1. The minimum atomic E-state index is -4.39. The van der Waals surface area contributed by atoms with Gasteiger partial charge in [-0.3, -0.25) is 0 Å². The number of tetrazole rings is 1. The average Bonchev–Trinajstić information content (AvgIpc) is 3.13. The van der Waals surface area contributed by atoms with Gasteiger partial charge in [0.15, 0.2) is 0 Å². The topological polar surface area (TPSA) is 101 Å². The van der Waals surface area contributed by atoms with Crippen LogP contribution in [-0.4, -0.2) is 63.0 Å². The first-order valence-corrected chi connectivity index (χ1v) is 11.5. The maximum atomic E-state index is 12.8. The van der Waals surface area contributed by atoms with Gasteiger partial charge in [0, 0.05) is 18.7 Å². The number of hydrogen-bond acceptors (Lipinski definition) is 6. The first-order chi connectivity index (χ1) is 14.9. The lowest BCUT2D eigenvalue weighted by Crippen LogP contribution is -2.65. The molecule has 1 aromatic heterocycles. The Labute approximate surface area is 182 Å². The zero-order chi connectivity index (χ0) is 23.1. The molecule has 0 saturated carbocycles. The molecule has 2 heterocycles. The molecule has 170 valence electrons. The molecule has 1 N–H and O–H groups in total. The summed E-state index contributed by atoms with van der Waals surface area (Å²) in [6.45, 7) is -0.118. The number of benzene rings is 2. The number of halogens is 3. The van der Waals surface area contributed by atoms with E-state index >= 15 is 0 Å². The SMILES string of the molecule is CS(=O)(=O)N1CC(O)(Cn2nnc(-c3ccccc3Cc3ccc(C(F)(F)F)cc3)n2)C1. The van der Waals surface area contributed by atoms with Gasteiger partial charge in [0.05, 0.1) is 18.4 Å². The van der Waals surface area contributed by atoms with Gasteiger partial charge in [-0.1, -0.05) is 36.4 Å². The smallest absolute Gasteiger partial charge is 0.385 e. The second-order valence-electron chi connectivity index (χ2n) is 7.93. The molecule has 12 heteroatoms. The first kappa shape index (κ1) is 22.4. The van der Waals surface area contributed by atoms with E-state index in [1.54, 1.807) is 12.1 Å². The van der Waals surface area contributed by atoms with Gasteiger partial charge in [-0.05, 0) is 34.9 Å². The molecule has 1 aliphatic heterocycles.